The summed E-state index contributed by atoms with van der Waals surface area (Å²) >= 11 is 1.84. The SMILES string of the molecule is Cc1ccc(C(C)NCc2ccco2)s1. The molecular formula is C12H15NOS. The Kier molecular flexibility index (Phi) is 3.23. The van der Waals surface area contributed by atoms with Gasteiger partial charge in [0.15, 0.2) is 0 Å². The third-order valence-electron chi connectivity index (χ3n) is 2.35. The number of hydrogen-bond donors (Lipinski definition) is 1. The maximum Gasteiger partial charge on any atom is 0.117 e. The predicted molar refractivity (Wildman–Crippen MR) is 63.0 cm³/mol. The second kappa shape index (κ2) is 4.64. The molecule has 2 heterocycles. The fourth-order valence-corrected chi connectivity index (χ4v) is 2.36. The summed E-state index contributed by atoms with van der Waals surface area (Å²) in [7, 11) is 0. The van der Waals surface area contributed by atoms with Crippen molar-refractivity contribution in [3.63, 3.8) is 0 Å². The van der Waals surface area contributed by atoms with Gasteiger partial charge < -0.3 is 9.73 Å². The number of nitrogens with one attached hydrogen (secondary N) is 1. The largest absolute Gasteiger partial charge is 0.468 e. The highest BCUT2D eigenvalue weighted by Gasteiger charge is 2.07. The molecule has 0 aliphatic rings. The molecular weight excluding hydrogens is 206 g/mol. The summed E-state index contributed by atoms with van der Waals surface area (Å²) < 4.78 is 5.27. The normalized spacial score (nSPS) is 12.9. The van der Waals surface area contributed by atoms with Crippen molar-refractivity contribution >= 4 is 11.3 Å². The predicted octanol–water partition coefficient (Wildman–Crippen LogP) is 3.50. The molecule has 80 valence electrons. The molecule has 15 heavy (non-hydrogen) atoms. The molecule has 0 amide bonds. The second-order valence-corrected chi connectivity index (χ2v) is 4.95. The Morgan fingerprint density at radius 3 is 2.87 bits per heavy atom. The molecule has 0 bridgehead atoms. The van der Waals surface area contributed by atoms with E-state index in [0.717, 1.165) is 12.3 Å². The van der Waals surface area contributed by atoms with Gasteiger partial charge >= 0.3 is 0 Å². The van der Waals surface area contributed by atoms with Gasteiger partial charge in [0.05, 0.1) is 12.8 Å². The van der Waals surface area contributed by atoms with Crippen molar-refractivity contribution in [2.45, 2.75) is 26.4 Å². The molecule has 2 aromatic rings. The molecule has 0 fully saturated rings. The van der Waals surface area contributed by atoms with E-state index in [0.29, 0.717) is 6.04 Å². The topological polar surface area (TPSA) is 25.2 Å². The first-order valence-corrected chi connectivity index (χ1v) is 5.89. The van der Waals surface area contributed by atoms with Gasteiger partial charge in [-0.1, -0.05) is 0 Å². The third-order valence-corrected chi connectivity index (χ3v) is 3.53. The molecule has 1 atom stereocenters. The monoisotopic (exact) mass is 221 g/mol. The van der Waals surface area contributed by atoms with Gasteiger partial charge in [0.1, 0.15) is 5.76 Å². The van der Waals surface area contributed by atoms with Crippen molar-refractivity contribution in [3.8, 4) is 0 Å². The van der Waals surface area contributed by atoms with Gasteiger partial charge in [-0.2, -0.15) is 0 Å². The summed E-state index contributed by atoms with van der Waals surface area (Å²) in [6.45, 7) is 5.09. The number of rotatable bonds is 4. The van der Waals surface area contributed by atoms with E-state index in [1.165, 1.54) is 9.75 Å². The molecule has 0 aliphatic heterocycles. The number of aryl methyl sites for hydroxylation is 1. The minimum absolute atomic E-state index is 0.383. The summed E-state index contributed by atoms with van der Waals surface area (Å²) in [5, 5.41) is 3.43. The summed E-state index contributed by atoms with van der Waals surface area (Å²) in [6, 6.07) is 8.62. The fraction of sp³-hybridized carbons (Fsp3) is 0.333. The van der Waals surface area contributed by atoms with Crippen LogP contribution in [0.1, 0.15) is 28.5 Å². The van der Waals surface area contributed by atoms with Crippen LogP contribution in [0.15, 0.2) is 34.9 Å². The zero-order chi connectivity index (χ0) is 10.7. The van der Waals surface area contributed by atoms with Crippen LogP contribution in [0.2, 0.25) is 0 Å². The van der Waals surface area contributed by atoms with Crippen LogP contribution < -0.4 is 5.32 Å². The van der Waals surface area contributed by atoms with Gasteiger partial charge in [-0.15, -0.1) is 11.3 Å². The van der Waals surface area contributed by atoms with Gasteiger partial charge in [-0.3, -0.25) is 0 Å². The zero-order valence-electron chi connectivity index (χ0n) is 8.99. The van der Waals surface area contributed by atoms with Crippen LogP contribution in [0.5, 0.6) is 0 Å². The van der Waals surface area contributed by atoms with E-state index in [2.05, 4.69) is 31.3 Å². The highest BCUT2D eigenvalue weighted by atomic mass is 32.1. The Morgan fingerprint density at radius 2 is 2.27 bits per heavy atom. The van der Waals surface area contributed by atoms with Gasteiger partial charge in [0.25, 0.3) is 0 Å². The number of furan rings is 1. The summed E-state index contributed by atoms with van der Waals surface area (Å²) in [5.74, 6) is 0.982. The highest BCUT2D eigenvalue weighted by Crippen LogP contribution is 2.22. The molecule has 0 saturated carbocycles. The zero-order valence-corrected chi connectivity index (χ0v) is 9.80. The third kappa shape index (κ3) is 2.70. The van der Waals surface area contributed by atoms with Crippen LogP contribution >= 0.6 is 11.3 Å². The molecule has 2 nitrogen and oxygen atoms in total. The molecule has 0 aliphatic carbocycles. The first kappa shape index (κ1) is 10.5. The summed E-state index contributed by atoms with van der Waals surface area (Å²) in [5.41, 5.74) is 0. The molecule has 1 unspecified atom stereocenters. The Hall–Kier alpha value is -1.06. The van der Waals surface area contributed by atoms with E-state index in [4.69, 9.17) is 4.42 Å². The van der Waals surface area contributed by atoms with Crippen molar-refractivity contribution < 1.29 is 4.42 Å². The van der Waals surface area contributed by atoms with E-state index in [1.807, 2.05) is 23.5 Å². The van der Waals surface area contributed by atoms with Crippen LogP contribution in [0.4, 0.5) is 0 Å². The molecule has 1 N–H and O–H groups in total. The first-order valence-electron chi connectivity index (χ1n) is 5.08. The lowest BCUT2D eigenvalue weighted by atomic mass is 10.2. The van der Waals surface area contributed by atoms with Crippen molar-refractivity contribution in [2.24, 2.45) is 0 Å². The minimum Gasteiger partial charge on any atom is -0.468 e. The van der Waals surface area contributed by atoms with Crippen molar-refractivity contribution in [2.75, 3.05) is 0 Å². The van der Waals surface area contributed by atoms with E-state index >= 15 is 0 Å². The van der Waals surface area contributed by atoms with E-state index in [-0.39, 0.29) is 0 Å². The lowest BCUT2D eigenvalue weighted by Gasteiger charge is -2.10. The van der Waals surface area contributed by atoms with E-state index < -0.39 is 0 Å². The van der Waals surface area contributed by atoms with E-state index in [1.54, 1.807) is 6.26 Å². The molecule has 2 aromatic heterocycles. The Labute approximate surface area is 93.9 Å². The average Bonchev–Trinajstić information content (AvgIpc) is 2.84. The van der Waals surface area contributed by atoms with Crippen molar-refractivity contribution in [1.29, 1.82) is 0 Å². The maximum atomic E-state index is 5.27. The quantitative estimate of drug-likeness (QED) is 0.854. The molecule has 3 heteroatoms. The molecule has 2 rings (SSSR count). The summed E-state index contributed by atoms with van der Waals surface area (Å²) in [6.07, 6.45) is 1.71. The number of thiophene rings is 1. The lowest BCUT2D eigenvalue weighted by molar-refractivity contribution is 0.462. The first-order chi connectivity index (χ1) is 7.25. The fourth-order valence-electron chi connectivity index (χ4n) is 1.45. The van der Waals surface area contributed by atoms with Crippen LogP contribution in [-0.4, -0.2) is 0 Å². The van der Waals surface area contributed by atoms with Crippen LogP contribution in [-0.2, 0) is 6.54 Å². The van der Waals surface area contributed by atoms with Crippen LogP contribution in [0.25, 0.3) is 0 Å². The smallest absolute Gasteiger partial charge is 0.117 e. The minimum atomic E-state index is 0.383. The van der Waals surface area contributed by atoms with Gasteiger partial charge in [-0.05, 0) is 38.1 Å². The molecule has 0 radical (unpaired) electrons. The van der Waals surface area contributed by atoms with Crippen molar-refractivity contribution in [1.82, 2.24) is 5.32 Å². The van der Waals surface area contributed by atoms with Crippen molar-refractivity contribution in [3.05, 3.63) is 46.0 Å². The highest BCUT2D eigenvalue weighted by molar-refractivity contribution is 7.12. The van der Waals surface area contributed by atoms with Gasteiger partial charge in [0.2, 0.25) is 0 Å². The number of hydrogen-bond acceptors (Lipinski definition) is 3. The van der Waals surface area contributed by atoms with Crippen LogP contribution in [0.3, 0.4) is 0 Å². The van der Waals surface area contributed by atoms with E-state index in [9.17, 15) is 0 Å². The van der Waals surface area contributed by atoms with Crippen LogP contribution in [0, 0.1) is 6.92 Å². The Bertz CT molecular complexity index is 405. The summed E-state index contributed by atoms with van der Waals surface area (Å²) in [4.78, 5) is 2.73. The standard InChI is InChI=1S/C12H15NOS/c1-9-5-6-12(15-9)10(2)13-8-11-4-3-7-14-11/h3-7,10,13H,8H2,1-2H3. The Morgan fingerprint density at radius 1 is 1.40 bits per heavy atom. The molecule has 0 aromatic carbocycles. The van der Waals surface area contributed by atoms with Gasteiger partial charge in [-0.25, -0.2) is 0 Å². The lowest BCUT2D eigenvalue weighted by Crippen LogP contribution is -2.16. The maximum absolute atomic E-state index is 5.27. The average molecular weight is 221 g/mol. The molecule has 0 spiro atoms. The second-order valence-electron chi connectivity index (χ2n) is 3.63. The Balaban J connectivity index is 1.90. The van der Waals surface area contributed by atoms with Gasteiger partial charge in [0, 0.05) is 15.8 Å². The molecule has 0 saturated heterocycles.